The zero-order valence-corrected chi connectivity index (χ0v) is 34.6. The zero-order valence-electron chi connectivity index (χ0n) is 33.0. The third-order valence-corrected chi connectivity index (χ3v) is 14.7. The molecule has 0 amide bonds. The largest absolute Gasteiger partial charge is 0.390 e. The van der Waals surface area contributed by atoms with Crippen molar-refractivity contribution in [1.82, 2.24) is 48.1 Å². The number of nitrogens with one attached hydrogen (secondary N) is 4. The van der Waals surface area contributed by atoms with E-state index in [2.05, 4.69) is 62.0 Å². The van der Waals surface area contributed by atoms with Crippen molar-refractivity contribution in [2.24, 2.45) is 23.7 Å². The van der Waals surface area contributed by atoms with Gasteiger partial charge in [0.15, 0.2) is 22.6 Å². The zero-order chi connectivity index (χ0) is 43.0. The monoisotopic (exact) mass is 886 g/mol. The van der Waals surface area contributed by atoms with Crippen molar-refractivity contribution >= 4 is 53.7 Å². The second-order valence-corrected chi connectivity index (χ2v) is 19.8. The normalized spacial score (nSPS) is 23.0. The number of alkyl halides is 6. The Morgan fingerprint density at radius 3 is 1.40 bits per heavy atom. The minimum Gasteiger partial charge on any atom is -0.345 e. The van der Waals surface area contributed by atoms with Crippen molar-refractivity contribution < 1.29 is 43.2 Å². The number of sulfonamides is 2. The Bertz CT molecular complexity index is 2460. The van der Waals surface area contributed by atoms with E-state index < -0.39 is 56.7 Å². The molecule has 14 nitrogen and oxygen atoms in total. The maximum Gasteiger partial charge on any atom is 0.390 e. The van der Waals surface area contributed by atoms with Crippen molar-refractivity contribution in [3.63, 3.8) is 0 Å². The van der Waals surface area contributed by atoms with Crippen LogP contribution < -0.4 is 9.44 Å². The lowest BCUT2D eigenvalue weighted by molar-refractivity contribution is -0.130. The Morgan fingerprint density at radius 1 is 0.633 bits per heavy atom. The lowest BCUT2D eigenvalue weighted by Gasteiger charge is -2.17. The lowest BCUT2D eigenvalue weighted by Crippen LogP contribution is -2.32. The van der Waals surface area contributed by atoms with Crippen LogP contribution in [0.1, 0.15) is 88.4 Å². The molecule has 60 heavy (non-hydrogen) atoms. The minimum atomic E-state index is -4.48. The van der Waals surface area contributed by atoms with Crippen molar-refractivity contribution in [2.75, 3.05) is 24.6 Å². The lowest BCUT2D eigenvalue weighted by atomic mass is 9.91. The van der Waals surface area contributed by atoms with Gasteiger partial charge in [-0.25, -0.2) is 46.2 Å². The van der Waals surface area contributed by atoms with Crippen LogP contribution in [0.4, 0.5) is 26.3 Å². The summed E-state index contributed by atoms with van der Waals surface area (Å²) in [5, 5.41) is 0. The highest BCUT2D eigenvalue weighted by Gasteiger charge is 2.39. The van der Waals surface area contributed by atoms with E-state index in [1.807, 2.05) is 36.9 Å². The number of hydrogen-bond acceptors (Lipinski definition) is 8. The van der Waals surface area contributed by atoms with Crippen molar-refractivity contribution in [3.05, 3.63) is 60.7 Å². The highest BCUT2D eigenvalue weighted by molar-refractivity contribution is 7.89. The molecule has 6 atom stereocenters. The van der Waals surface area contributed by atoms with Crippen LogP contribution in [0.5, 0.6) is 0 Å². The van der Waals surface area contributed by atoms with Crippen LogP contribution in [0.25, 0.3) is 33.6 Å². The van der Waals surface area contributed by atoms with E-state index in [0.717, 1.165) is 83.5 Å². The Balaban J connectivity index is 0.000000181. The summed E-state index contributed by atoms with van der Waals surface area (Å²) in [7, 11) is -7.91. The second kappa shape index (κ2) is 17.2. The molecule has 8 rings (SSSR count). The number of aromatic amines is 2. The van der Waals surface area contributed by atoms with Gasteiger partial charge in [0.1, 0.15) is 0 Å². The van der Waals surface area contributed by atoms with E-state index in [1.165, 1.54) is 0 Å². The van der Waals surface area contributed by atoms with Gasteiger partial charge in [-0.3, -0.25) is 8.80 Å². The minimum absolute atomic E-state index is 0.0646. The number of imidazole rings is 2. The fourth-order valence-electron chi connectivity index (χ4n) is 9.08. The Kier molecular flexibility index (Phi) is 12.6. The maximum absolute atomic E-state index is 12.3. The molecule has 0 aromatic carbocycles. The summed E-state index contributed by atoms with van der Waals surface area (Å²) in [5.74, 6) is -0.672. The first-order valence-corrected chi connectivity index (χ1v) is 23.3. The van der Waals surface area contributed by atoms with Gasteiger partial charge in [0.2, 0.25) is 20.0 Å². The van der Waals surface area contributed by atoms with Gasteiger partial charge in [0, 0.05) is 61.1 Å². The summed E-state index contributed by atoms with van der Waals surface area (Å²) in [4.78, 5) is 23.9. The van der Waals surface area contributed by atoms with Crippen LogP contribution in [0.3, 0.4) is 0 Å². The summed E-state index contributed by atoms with van der Waals surface area (Å²) in [6, 6.07) is 3.89. The van der Waals surface area contributed by atoms with Gasteiger partial charge in [0.25, 0.3) is 0 Å². The molecule has 328 valence electrons. The van der Waals surface area contributed by atoms with Gasteiger partial charge in [-0.2, -0.15) is 26.3 Å². The first-order valence-electron chi connectivity index (χ1n) is 20.0. The molecule has 2 saturated carbocycles. The van der Waals surface area contributed by atoms with Gasteiger partial charge >= 0.3 is 12.4 Å². The van der Waals surface area contributed by atoms with Crippen LogP contribution >= 0.6 is 0 Å². The first-order chi connectivity index (χ1) is 28.3. The summed E-state index contributed by atoms with van der Waals surface area (Å²) in [5.41, 5.74) is 7.03. The number of rotatable bonds is 14. The third kappa shape index (κ3) is 10.1. The molecule has 6 aromatic rings. The van der Waals surface area contributed by atoms with E-state index in [0.29, 0.717) is 11.8 Å². The molecule has 0 saturated heterocycles. The standard InChI is InChI=1S/2C19H24F3N5O2S/c2*1-2-13-7-12(9-26-30(28,29)6-4-19(20,21)22)8-14(13)16-10-24-17-11-25-18-15(27(16)17)3-5-23-18/h2*3,5,10-14,23,26H,2,4,6-9H2,1H3/t12-,13+,14-;12-,13-,14+/m00/s1. The van der Waals surface area contributed by atoms with E-state index >= 15 is 0 Å². The van der Waals surface area contributed by atoms with Gasteiger partial charge in [-0.05, 0) is 61.5 Å². The summed E-state index contributed by atoms with van der Waals surface area (Å²) in [6.45, 7) is 4.52. The molecule has 2 fully saturated rings. The van der Waals surface area contributed by atoms with Crippen LogP contribution in [0, 0.1) is 23.7 Å². The van der Waals surface area contributed by atoms with E-state index in [4.69, 9.17) is 0 Å². The number of fused-ring (bicyclic) bond motifs is 6. The number of aromatic nitrogens is 8. The van der Waals surface area contributed by atoms with Crippen molar-refractivity contribution in [3.8, 4) is 0 Å². The Hall–Kier alpha value is -4.28. The average Bonchev–Trinajstić information content (AvgIpc) is 4.04. The molecule has 0 bridgehead atoms. The molecular formula is C38H48F6N10O4S2. The number of hydrogen-bond donors (Lipinski definition) is 4. The first kappa shape index (κ1) is 43.8. The van der Waals surface area contributed by atoms with Gasteiger partial charge in [0.05, 0.1) is 47.8 Å². The molecule has 0 radical (unpaired) electrons. The second-order valence-electron chi connectivity index (χ2n) is 16.0. The Morgan fingerprint density at radius 2 is 1.03 bits per heavy atom. The summed E-state index contributed by atoms with van der Waals surface area (Å²) >= 11 is 0. The SMILES string of the molecule is CC[C@@H]1C[C@H](CNS(=O)(=O)CCC(F)(F)F)C[C@@H]1c1cnc2cnc3[nH]ccc3n12.CC[C@H]1C[C@H](CNS(=O)(=O)CCC(F)(F)F)C[C@H]1c1cnc2cnc3[nH]ccc3n12. The number of halogens is 6. The molecule has 4 N–H and O–H groups in total. The van der Waals surface area contributed by atoms with E-state index in [-0.39, 0.29) is 36.8 Å². The van der Waals surface area contributed by atoms with Gasteiger partial charge in [-0.15, -0.1) is 0 Å². The molecule has 0 aliphatic heterocycles. The maximum atomic E-state index is 12.3. The highest BCUT2D eigenvalue weighted by Crippen LogP contribution is 2.46. The number of H-pyrrole nitrogens is 2. The molecule has 6 aromatic heterocycles. The van der Waals surface area contributed by atoms with Crippen LogP contribution in [0.15, 0.2) is 49.3 Å². The van der Waals surface area contributed by atoms with Gasteiger partial charge in [-0.1, -0.05) is 26.7 Å². The Labute approximate surface area is 342 Å². The van der Waals surface area contributed by atoms with Crippen molar-refractivity contribution in [1.29, 1.82) is 0 Å². The van der Waals surface area contributed by atoms with E-state index in [9.17, 15) is 43.2 Å². The predicted octanol–water partition coefficient (Wildman–Crippen LogP) is 7.20. The van der Waals surface area contributed by atoms with Gasteiger partial charge < -0.3 is 9.97 Å². The summed E-state index contributed by atoms with van der Waals surface area (Å²) < 4.78 is 131. The molecule has 22 heteroatoms. The van der Waals surface area contributed by atoms with Crippen LogP contribution in [0.2, 0.25) is 0 Å². The highest BCUT2D eigenvalue weighted by atomic mass is 32.2. The molecular weight excluding hydrogens is 839 g/mol. The molecule has 6 heterocycles. The smallest absolute Gasteiger partial charge is 0.345 e. The molecule has 0 spiro atoms. The van der Waals surface area contributed by atoms with Crippen molar-refractivity contribution in [2.45, 2.75) is 89.4 Å². The average molecular weight is 887 g/mol. The fourth-order valence-corrected chi connectivity index (χ4v) is 11.4. The predicted molar refractivity (Wildman–Crippen MR) is 213 cm³/mol. The topological polar surface area (TPSA) is 184 Å². The fraction of sp³-hybridized carbons (Fsp3) is 0.579. The third-order valence-electron chi connectivity index (χ3n) is 12.0. The quantitative estimate of drug-likeness (QED) is 0.0828. The molecule has 2 aliphatic rings. The molecule has 0 unspecified atom stereocenters. The summed E-state index contributed by atoms with van der Waals surface area (Å²) in [6.07, 6.45) is 4.13. The molecule has 2 aliphatic carbocycles. The number of nitrogens with zero attached hydrogens (tertiary/aromatic N) is 6. The van der Waals surface area contributed by atoms with Crippen LogP contribution in [-0.4, -0.2) is 92.5 Å². The van der Waals surface area contributed by atoms with E-state index in [1.54, 1.807) is 12.4 Å². The van der Waals surface area contributed by atoms with Crippen LogP contribution in [-0.2, 0) is 20.0 Å².